The van der Waals surface area contributed by atoms with Crippen molar-refractivity contribution in [2.24, 2.45) is 0 Å². The lowest BCUT2D eigenvalue weighted by Crippen LogP contribution is -2.22. The van der Waals surface area contributed by atoms with Crippen molar-refractivity contribution in [1.29, 1.82) is 0 Å². The number of nitrogens with zero attached hydrogens (tertiary/aromatic N) is 1. The lowest BCUT2D eigenvalue weighted by molar-refractivity contribution is 0.497. The summed E-state index contributed by atoms with van der Waals surface area (Å²) in [6.45, 7) is 11.4. The van der Waals surface area contributed by atoms with Crippen LogP contribution in [-0.4, -0.2) is 11.5 Å². The van der Waals surface area contributed by atoms with Crippen molar-refractivity contribution < 1.29 is 0 Å². The largest absolute Gasteiger partial charge is 0.310 e. The predicted octanol–water partition coefficient (Wildman–Crippen LogP) is 3.79. The van der Waals surface area contributed by atoms with Crippen LogP contribution in [0.3, 0.4) is 0 Å². The van der Waals surface area contributed by atoms with Gasteiger partial charge >= 0.3 is 0 Å². The molecule has 0 spiro atoms. The van der Waals surface area contributed by atoms with E-state index in [4.69, 9.17) is 0 Å². The second kappa shape index (κ2) is 7.23. The van der Waals surface area contributed by atoms with Crippen LogP contribution in [0.25, 0.3) is 0 Å². The van der Waals surface area contributed by atoms with Crippen LogP contribution in [0.2, 0.25) is 0 Å². The van der Waals surface area contributed by atoms with Crippen LogP contribution in [0.1, 0.15) is 50.3 Å². The van der Waals surface area contributed by atoms with Gasteiger partial charge in [-0.3, -0.25) is 4.98 Å². The predicted molar refractivity (Wildman–Crippen MR) is 74.1 cm³/mol. The molecule has 0 saturated heterocycles. The van der Waals surface area contributed by atoms with E-state index in [1.807, 2.05) is 12.4 Å². The van der Waals surface area contributed by atoms with E-state index in [1.54, 1.807) is 0 Å². The maximum absolute atomic E-state index is 4.28. The zero-order chi connectivity index (χ0) is 12.7. The van der Waals surface area contributed by atoms with Crippen LogP contribution >= 0.6 is 0 Å². The molecule has 1 N–H and O–H groups in total. The molecule has 1 unspecified atom stereocenters. The highest BCUT2D eigenvalue weighted by molar-refractivity contribution is 5.20. The molecule has 0 bridgehead atoms. The Balaban J connectivity index is 2.70. The molecule has 0 amide bonds. The Hall–Kier alpha value is -1.15. The fourth-order valence-electron chi connectivity index (χ4n) is 1.86. The first-order valence-corrected chi connectivity index (χ1v) is 6.42. The van der Waals surface area contributed by atoms with Crippen molar-refractivity contribution in [2.45, 2.75) is 46.1 Å². The van der Waals surface area contributed by atoms with E-state index in [0.29, 0.717) is 6.04 Å². The molecule has 0 aliphatic rings. The van der Waals surface area contributed by atoms with E-state index in [9.17, 15) is 0 Å². The van der Waals surface area contributed by atoms with Crippen molar-refractivity contribution in [3.05, 3.63) is 41.7 Å². The lowest BCUT2D eigenvalue weighted by atomic mass is 10.0. The lowest BCUT2D eigenvalue weighted by Gasteiger charge is -2.19. The maximum atomic E-state index is 4.28. The van der Waals surface area contributed by atoms with E-state index >= 15 is 0 Å². The van der Waals surface area contributed by atoms with Gasteiger partial charge in [0.2, 0.25) is 0 Å². The summed E-state index contributed by atoms with van der Waals surface area (Å²) in [5, 5.41) is 3.59. The Morgan fingerprint density at radius 1 is 1.47 bits per heavy atom. The van der Waals surface area contributed by atoms with Gasteiger partial charge in [-0.05, 0) is 50.8 Å². The molecule has 2 heteroatoms. The van der Waals surface area contributed by atoms with Gasteiger partial charge < -0.3 is 5.32 Å². The van der Waals surface area contributed by atoms with E-state index in [-0.39, 0.29) is 0 Å². The number of pyridine rings is 1. The van der Waals surface area contributed by atoms with Gasteiger partial charge in [-0.2, -0.15) is 0 Å². The number of hydrogen-bond acceptors (Lipinski definition) is 2. The summed E-state index contributed by atoms with van der Waals surface area (Å²) < 4.78 is 0. The molecular weight excluding hydrogens is 208 g/mol. The molecule has 2 nitrogen and oxygen atoms in total. The Kier molecular flexibility index (Phi) is 5.92. The Morgan fingerprint density at radius 2 is 2.24 bits per heavy atom. The van der Waals surface area contributed by atoms with Crippen LogP contribution in [-0.2, 0) is 0 Å². The van der Waals surface area contributed by atoms with Crippen molar-refractivity contribution in [1.82, 2.24) is 10.3 Å². The van der Waals surface area contributed by atoms with Crippen molar-refractivity contribution >= 4 is 0 Å². The molecule has 0 saturated carbocycles. The molecule has 17 heavy (non-hydrogen) atoms. The smallest absolute Gasteiger partial charge is 0.0338 e. The molecule has 94 valence electrons. The van der Waals surface area contributed by atoms with Crippen LogP contribution in [0.15, 0.2) is 30.6 Å². The molecule has 1 heterocycles. The Morgan fingerprint density at radius 3 is 2.82 bits per heavy atom. The highest BCUT2D eigenvalue weighted by Gasteiger charge is 2.10. The summed E-state index contributed by atoms with van der Waals surface area (Å²) in [7, 11) is 0. The molecule has 0 aliphatic heterocycles. The molecule has 1 atom stereocenters. The third-order valence-corrected chi connectivity index (χ3v) is 2.80. The van der Waals surface area contributed by atoms with Gasteiger partial charge in [0.1, 0.15) is 0 Å². The first-order chi connectivity index (χ1) is 8.13. The zero-order valence-electron chi connectivity index (χ0n) is 11.3. The van der Waals surface area contributed by atoms with Crippen LogP contribution in [0, 0.1) is 6.92 Å². The first kappa shape index (κ1) is 13.9. The van der Waals surface area contributed by atoms with Crippen molar-refractivity contribution in [3.63, 3.8) is 0 Å². The molecular formula is C15H24N2. The van der Waals surface area contributed by atoms with Gasteiger partial charge in [-0.25, -0.2) is 0 Å². The number of aryl methyl sites for hydroxylation is 1. The van der Waals surface area contributed by atoms with Gasteiger partial charge in [0.15, 0.2) is 0 Å². The standard InChI is InChI=1S/C15H24N2/c1-5-8-17-15(7-6-12(2)3)14-9-13(4)10-16-11-14/h9-11,15,17H,2,5-8H2,1,3-4H3. The highest BCUT2D eigenvalue weighted by atomic mass is 14.9. The summed E-state index contributed by atoms with van der Waals surface area (Å²) in [5.74, 6) is 0. The fraction of sp³-hybridized carbons (Fsp3) is 0.533. The fourth-order valence-corrected chi connectivity index (χ4v) is 1.86. The molecule has 1 aromatic heterocycles. The van der Waals surface area contributed by atoms with E-state index in [2.05, 4.69) is 43.7 Å². The zero-order valence-corrected chi connectivity index (χ0v) is 11.3. The molecule has 0 aromatic carbocycles. The molecule has 0 radical (unpaired) electrons. The highest BCUT2D eigenvalue weighted by Crippen LogP contribution is 2.20. The number of nitrogens with one attached hydrogen (secondary N) is 1. The van der Waals surface area contributed by atoms with Gasteiger partial charge in [0.05, 0.1) is 0 Å². The summed E-state index contributed by atoms with van der Waals surface area (Å²) in [4.78, 5) is 4.28. The average molecular weight is 232 g/mol. The van der Waals surface area contributed by atoms with Crippen LogP contribution < -0.4 is 5.32 Å². The van der Waals surface area contributed by atoms with Crippen molar-refractivity contribution in [3.8, 4) is 0 Å². The second-order valence-electron chi connectivity index (χ2n) is 4.80. The number of allylic oxidation sites excluding steroid dienone is 1. The van der Waals surface area contributed by atoms with Gasteiger partial charge in [-0.15, -0.1) is 6.58 Å². The molecule has 0 fully saturated rings. The number of rotatable bonds is 7. The second-order valence-corrected chi connectivity index (χ2v) is 4.80. The van der Waals surface area contributed by atoms with Crippen LogP contribution in [0.4, 0.5) is 0 Å². The third-order valence-electron chi connectivity index (χ3n) is 2.80. The molecule has 0 aliphatic carbocycles. The number of hydrogen-bond donors (Lipinski definition) is 1. The average Bonchev–Trinajstić information content (AvgIpc) is 2.29. The number of aromatic nitrogens is 1. The Bertz CT molecular complexity index is 358. The summed E-state index contributed by atoms with van der Waals surface area (Å²) in [6.07, 6.45) is 7.19. The Labute approximate surface area is 105 Å². The monoisotopic (exact) mass is 232 g/mol. The summed E-state index contributed by atoms with van der Waals surface area (Å²) in [6, 6.07) is 2.62. The van der Waals surface area contributed by atoms with Gasteiger partial charge in [0, 0.05) is 18.4 Å². The topological polar surface area (TPSA) is 24.9 Å². The van der Waals surface area contributed by atoms with Gasteiger partial charge in [-0.1, -0.05) is 18.6 Å². The van der Waals surface area contributed by atoms with E-state index < -0.39 is 0 Å². The summed E-state index contributed by atoms with van der Waals surface area (Å²) >= 11 is 0. The SMILES string of the molecule is C=C(C)CCC(NCCC)c1cncc(C)c1. The maximum Gasteiger partial charge on any atom is 0.0338 e. The minimum atomic E-state index is 0.402. The minimum Gasteiger partial charge on any atom is -0.310 e. The van der Waals surface area contributed by atoms with E-state index in [0.717, 1.165) is 25.8 Å². The third kappa shape index (κ3) is 5.14. The molecule has 1 aromatic rings. The van der Waals surface area contributed by atoms with E-state index in [1.165, 1.54) is 16.7 Å². The molecule has 1 rings (SSSR count). The first-order valence-electron chi connectivity index (χ1n) is 6.42. The quantitative estimate of drug-likeness (QED) is 0.724. The van der Waals surface area contributed by atoms with Crippen LogP contribution in [0.5, 0.6) is 0 Å². The minimum absolute atomic E-state index is 0.402. The normalized spacial score (nSPS) is 12.4. The van der Waals surface area contributed by atoms with Crippen molar-refractivity contribution in [2.75, 3.05) is 6.54 Å². The summed E-state index contributed by atoms with van der Waals surface area (Å²) in [5.41, 5.74) is 3.76. The van der Waals surface area contributed by atoms with Gasteiger partial charge in [0.25, 0.3) is 0 Å².